The van der Waals surface area contributed by atoms with E-state index in [-0.39, 0.29) is 0 Å². The first-order valence-electron chi connectivity index (χ1n) is 6.83. The number of aromatic nitrogens is 4. The van der Waals surface area contributed by atoms with Crippen LogP contribution in [0.3, 0.4) is 0 Å². The Kier molecular flexibility index (Phi) is 4.55. The van der Waals surface area contributed by atoms with Gasteiger partial charge in [0.2, 0.25) is 0 Å². The Morgan fingerprint density at radius 1 is 1.27 bits per heavy atom. The molecule has 7 heteroatoms. The van der Waals surface area contributed by atoms with E-state index in [0.29, 0.717) is 12.4 Å². The Labute approximate surface area is 132 Å². The molecule has 3 aromatic rings. The van der Waals surface area contributed by atoms with Crippen molar-refractivity contribution in [3.8, 4) is 0 Å². The van der Waals surface area contributed by atoms with Crippen LogP contribution in [0.4, 0.5) is 11.5 Å². The summed E-state index contributed by atoms with van der Waals surface area (Å²) in [5.41, 5.74) is 3.11. The van der Waals surface area contributed by atoms with E-state index >= 15 is 0 Å². The van der Waals surface area contributed by atoms with Crippen molar-refractivity contribution >= 4 is 29.0 Å². The molecule has 2 aromatic heterocycles. The number of rotatable bonds is 6. The van der Waals surface area contributed by atoms with Crippen molar-refractivity contribution in [1.29, 1.82) is 0 Å². The van der Waals surface area contributed by atoms with Gasteiger partial charge in [-0.25, -0.2) is 4.98 Å². The second kappa shape index (κ2) is 6.76. The summed E-state index contributed by atoms with van der Waals surface area (Å²) in [4.78, 5) is 8.53. The first kappa shape index (κ1) is 14.8. The lowest BCUT2D eigenvalue weighted by molar-refractivity contribution is 0.181. The molecule has 1 aromatic carbocycles. The molecule has 2 heterocycles. The molecular formula is C15H17N5OS. The molecule has 0 aliphatic rings. The molecule has 0 saturated heterocycles. The zero-order valence-corrected chi connectivity index (χ0v) is 13.3. The van der Waals surface area contributed by atoms with Crippen LogP contribution in [0.1, 0.15) is 11.3 Å². The van der Waals surface area contributed by atoms with E-state index < -0.39 is 0 Å². The summed E-state index contributed by atoms with van der Waals surface area (Å²) in [5, 5.41) is 7.56. The molecule has 0 bridgehead atoms. The standard InChI is InChI=1S/C15H17N5OS/c1-21-8-13-7-14(20-15(19-13)16-10-17-20)18-12-5-3-11(4-6-12)9-22-2/h3-7,10,18H,8-9H2,1-2H3. The molecule has 0 radical (unpaired) electrons. The van der Waals surface area contributed by atoms with Crippen molar-refractivity contribution in [2.24, 2.45) is 0 Å². The topological polar surface area (TPSA) is 64.3 Å². The third-order valence-corrected chi connectivity index (χ3v) is 3.76. The fraction of sp³-hybridized carbons (Fsp3) is 0.267. The van der Waals surface area contributed by atoms with Crippen molar-refractivity contribution < 1.29 is 4.74 Å². The Hall–Kier alpha value is -2.12. The van der Waals surface area contributed by atoms with Crippen LogP contribution in [0, 0.1) is 0 Å². The molecule has 0 unspecified atom stereocenters. The van der Waals surface area contributed by atoms with Crippen molar-refractivity contribution in [3.63, 3.8) is 0 Å². The molecule has 0 spiro atoms. The van der Waals surface area contributed by atoms with Gasteiger partial charge in [0.05, 0.1) is 12.3 Å². The highest BCUT2D eigenvalue weighted by molar-refractivity contribution is 7.97. The third kappa shape index (κ3) is 3.20. The number of thioether (sulfide) groups is 1. The van der Waals surface area contributed by atoms with Crippen LogP contribution in [0.25, 0.3) is 5.78 Å². The van der Waals surface area contributed by atoms with Gasteiger partial charge < -0.3 is 10.1 Å². The van der Waals surface area contributed by atoms with Gasteiger partial charge >= 0.3 is 0 Å². The number of anilines is 2. The summed E-state index contributed by atoms with van der Waals surface area (Å²) in [5.74, 6) is 2.38. The highest BCUT2D eigenvalue weighted by Crippen LogP contribution is 2.19. The van der Waals surface area contributed by atoms with Crippen LogP contribution >= 0.6 is 11.8 Å². The minimum atomic E-state index is 0.435. The molecule has 1 N–H and O–H groups in total. The molecule has 0 saturated carbocycles. The molecule has 0 aliphatic heterocycles. The summed E-state index contributed by atoms with van der Waals surface area (Å²) in [7, 11) is 1.65. The number of fused-ring (bicyclic) bond motifs is 1. The smallest absolute Gasteiger partial charge is 0.254 e. The van der Waals surface area contributed by atoms with Crippen LogP contribution in [-0.4, -0.2) is 32.9 Å². The van der Waals surface area contributed by atoms with E-state index in [9.17, 15) is 0 Å². The monoisotopic (exact) mass is 315 g/mol. The largest absolute Gasteiger partial charge is 0.378 e. The summed E-state index contributed by atoms with van der Waals surface area (Å²) in [6.45, 7) is 0.435. The lowest BCUT2D eigenvalue weighted by atomic mass is 10.2. The lowest BCUT2D eigenvalue weighted by Crippen LogP contribution is -2.04. The predicted octanol–water partition coefficient (Wildman–Crippen LogP) is 2.88. The van der Waals surface area contributed by atoms with Crippen LogP contribution < -0.4 is 5.32 Å². The zero-order chi connectivity index (χ0) is 15.4. The Morgan fingerprint density at radius 3 is 2.82 bits per heavy atom. The molecule has 0 fully saturated rings. The highest BCUT2D eigenvalue weighted by Gasteiger charge is 2.08. The summed E-state index contributed by atoms with van der Waals surface area (Å²) >= 11 is 1.81. The van der Waals surface area contributed by atoms with Gasteiger partial charge in [-0.15, -0.1) is 0 Å². The highest BCUT2D eigenvalue weighted by atomic mass is 32.2. The quantitative estimate of drug-likeness (QED) is 0.754. The van der Waals surface area contributed by atoms with E-state index in [1.54, 1.807) is 11.6 Å². The molecule has 0 atom stereocenters. The average molecular weight is 315 g/mol. The average Bonchev–Trinajstić information content (AvgIpc) is 2.98. The Bertz CT molecular complexity index is 756. The second-order valence-corrected chi connectivity index (χ2v) is 5.66. The fourth-order valence-electron chi connectivity index (χ4n) is 2.17. The molecule has 114 valence electrons. The van der Waals surface area contributed by atoms with Crippen molar-refractivity contribution in [2.45, 2.75) is 12.4 Å². The van der Waals surface area contributed by atoms with Crippen LogP contribution in [0.15, 0.2) is 36.7 Å². The first-order valence-corrected chi connectivity index (χ1v) is 8.23. The third-order valence-electron chi connectivity index (χ3n) is 3.13. The normalized spacial score (nSPS) is 11.0. The zero-order valence-electron chi connectivity index (χ0n) is 12.5. The van der Waals surface area contributed by atoms with Gasteiger partial charge in [-0.1, -0.05) is 12.1 Å². The number of hydrogen-bond donors (Lipinski definition) is 1. The number of nitrogens with one attached hydrogen (secondary N) is 1. The van der Waals surface area contributed by atoms with Gasteiger partial charge in [-0.2, -0.15) is 26.4 Å². The summed E-state index contributed by atoms with van der Waals surface area (Å²) in [6.07, 6.45) is 3.59. The predicted molar refractivity (Wildman–Crippen MR) is 88.4 cm³/mol. The van der Waals surface area contributed by atoms with E-state index in [4.69, 9.17) is 4.74 Å². The van der Waals surface area contributed by atoms with E-state index in [0.717, 1.165) is 23.0 Å². The summed E-state index contributed by atoms with van der Waals surface area (Å²) in [6, 6.07) is 10.3. The van der Waals surface area contributed by atoms with E-state index in [1.807, 2.05) is 17.8 Å². The molecule has 0 amide bonds. The Morgan fingerprint density at radius 2 is 2.09 bits per heavy atom. The fourth-order valence-corrected chi connectivity index (χ4v) is 2.70. The molecule has 3 rings (SSSR count). The number of benzene rings is 1. The Balaban J connectivity index is 1.90. The number of methoxy groups -OCH3 is 1. The molecule has 6 nitrogen and oxygen atoms in total. The van der Waals surface area contributed by atoms with Crippen molar-refractivity contribution in [2.75, 3.05) is 18.7 Å². The van der Waals surface area contributed by atoms with Gasteiger partial charge in [0.1, 0.15) is 12.1 Å². The van der Waals surface area contributed by atoms with Gasteiger partial charge in [0, 0.05) is 24.6 Å². The van der Waals surface area contributed by atoms with Crippen LogP contribution in [0.5, 0.6) is 0 Å². The molecule has 0 aliphatic carbocycles. The van der Waals surface area contributed by atoms with Crippen LogP contribution in [0.2, 0.25) is 0 Å². The van der Waals surface area contributed by atoms with E-state index in [2.05, 4.69) is 50.9 Å². The maximum absolute atomic E-state index is 5.15. The molecular weight excluding hydrogens is 298 g/mol. The SMILES string of the molecule is COCc1cc(Nc2ccc(CSC)cc2)n2ncnc2n1. The molecule has 22 heavy (non-hydrogen) atoms. The number of ether oxygens (including phenoxy) is 1. The maximum Gasteiger partial charge on any atom is 0.254 e. The lowest BCUT2D eigenvalue weighted by Gasteiger charge is -2.10. The van der Waals surface area contributed by atoms with Crippen molar-refractivity contribution in [3.05, 3.63) is 47.9 Å². The van der Waals surface area contributed by atoms with Gasteiger partial charge in [-0.05, 0) is 24.0 Å². The van der Waals surface area contributed by atoms with Gasteiger partial charge in [-0.3, -0.25) is 0 Å². The van der Waals surface area contributed by atoms with E-state index in [1.165, 1.54) is 11.9 Å². The van der Waals surface area contributed by atoms with Crippen LogP contribution in [-0.2, 0) is 17.1 Å². The van der Waals surface area contributed by atoms with Gasteiger partial charge in [0.15, 0.2) is 0 Å². The summed E-state index contributed by atoms with van der Waals surface area (Å²) < 4.78 is 6.83. The number of hydrogen-bond acceptors (Lipinski definition) is 6. The number of nitrogens with zero attached hydrogens (tertiary/aromatic N) is 4. The van der Waals surface area contributed by atoms with Crippen molar-refractivity contribution in [1.82, 2.24) is 19.6 Å². The minimum Gasteiger partial charge on any atom is -0.378 e. The first-order chi connectivity index (χ1) is 10.8. The minimum absolute atomic E-state index is 0.435. The second-order valence-electron chi connectivity index (χ2n) is 4.79. The maximum atomic E-state index is 5.15. The van der Waals surface area contributed by atoms with Gasteiger partial charge in [0.25, 0.3) is 5.78 Å².